The van der Waals surface area contributed by atoms with Gasteiger partial charge in [-0.3, -0.25) is 4.98 Å². The van der Waals surface area contributed by atoms with E-state index in [0.29, 0.717) is 0 Å². The second-order valence-corrected chi connectivity index (χ2v) is 9.95. The number of hydrogen-bond acceptors (Lipinski definition) is 3. The Balaban J connectivity index is 1.12. The molecule has 0 unspecified atom stereocenters. The van der Waals surface area contributed by atoms with Gasteiger partial charge in [-0.05, 0) is 59.7 Å². The van der Waals surface area contributed by atoms with Crippen LogP contribution in [0.4, 0.5) is 0 Å². The molecule has 2 aliphatic heterocycles. The zero-order valence-corrected chi connectivity index (χ0v) is 21.5. The smallest absolute Gasteiger partial charge is 0.113 e. The molecule has 5 heteroatoms. The van der Waals surface area contributed by atoms with Crippen LogP contribution in [0.3, 0.4) is 0 Å². The third-order valence-electron chi connectivity index (χ3n) is 7.55. The highest BCUT2D eigenvalue weighted by Crippen LogP contribution is 2.33. The zero-order chi connectivity index (χ0) is 26.5. The minimum Gasteiger partial charge on any atom is -0.354 e. The molecule has 0 radical (unpaired) electrons. The number of allylic oxidation sites excluding steroid dienone is 4. The van der Waals surface area contributed by atoms with Crippen LogP contribution in [0.25, 0.3) is 81.7 Å². The molecule has 0 saturated carbocycles. The average molecular weight is 514 g/mol. The average Bonchev–Trinajstić information content (AvgIpc) is 3.44. The summed E-state index contributed by atoms with van der Waals surface area (Å²) in [5, 5.41) is 11.3. The first-order chi connectivity index (χ1) is 19.8. The molecular formula is C35H23N5. The molecule has 0 spiro atoms. The Hall–Kier alpha value is -5.55. The highest BCUT2D eigenvalue weighted by Gasteiger charge is 2.14. The summed E-state index contributed by atoms with van der Waals surface area (Å²) in [5.74, 6) is 0. The van der Waals surface area contributed by atoms with Crippen LogP contribution in [-0.4, -0.2) is 25.1 Å². The fraction of sp³-hybridized carbons (Fsp3) is 0. The second-order valence-electron chi connectivity index (χ2n) is 9.95. The van der Waals surface area contributed by atoms with Crippen LogP contribution in [0, 0.1) is 0 Å². The van der Waals surface area contributed by atoms with Crippen molar-refractivity contribution in [3.8, 4) is 11.3 Å². The Morgan fingerprint density at radius 2 is 1.20 bits per heavy atom. The first-order valence-electron chi connectivity index (χ1n) is 13.3. The Kier molecular flexibility index (Phi) is 5.07. The number of H-pyrrole nitrogens is 2. The molecule has 188 valence electrons. The van der Waals surface area contributed by atoms with Gasteiger partial charge in [0.05, 0.1) is 17.6 Å². The van der Waals surface area contributed by atoms with Gasteiger partial charge in [0.2, 0.25) is 0 Å². The van der Waals surface area contributed by atoms with E-state index in [1.807, 2.05) is 24.3 Å². The third kappa shape index (κ3) is 3.68. The fourth-order valence-electron chi connectivity index (χ4n) is 5.67. The molecule has 4 heterocycles. The number of nitrogens with zero attached hydrogens (tertiary/aromatic N) is 3. The van der Waals surface area contributed by atoms with E-state index in [9.17, 15) is 0 Å². The monoisotopic (exact) mass is 513 g/mol. The van der Waals surface area contributed by atoms with Gasteiger partial charge in [0.25, 0.3) is 0 Å². The van der Waals surface area contributed by atoms with Gasteiger partial charge >= 0.3 is 0 Å². The van der Waals surface area contributed by atoms with Crippen molar-refractivity contribution >= 4 is 70.4 Å². The van der Waals surface area contributed by atoms with Gasteiger partial charge < -0.3 is 9.97 Å². The molecule has 0 saturated heterocycles. The van der Waals surface area contributed by atoms with E-state index in [0.717, 1.165) is 45.1 Å². The van der Waals surface area contributed by atoms with E-state index >= 15 is 0 Å². The summed E-state index contributed by atoms with van der Waals surface area (Å²) in [6.45, 7) is 0. The van der Waals surface area contributed by atoms with Gasteiger partial charge in [-0.15, -0.1) is 10.2 Å². The summed E-state index contributed by atoms with van der Waals surface area (Å²) in [5.41, 5.74) is 12.5. The van der Waals surface area contributed by atoms with E-state index in [-0.39, 0.29) is 0 Å². The first kappa shape index (κ1) is 22.4. The SMILES string of the molecule is C1=Cc2cccc3[nH]c(/C=C/c4ccc5c(/C=C/c6[nH]c7cccc8c7c6C=CC=C8)nnc-5cn4)c(c23)C=C1. The van der Waals surface area contributed by atoms with Gasteiger partial charge in [-0.25, -0.2) is 0 Å². The molecule has 0 fully saturated rings. The Morgan fingerprint density at radius 1 is 0.575 bits per heavy atom. The lowest BCUT2D eigenvalue weighted by atomic mass is 10.0. The zero-order valence-electron chi connectivity index (χ0n) is 21.5. The lowest BCUT2D eigenvalue weighted by molar-refractivity contribution is 1.08. The highest BCUT2D eigenvalue weighted by molar-refractivity contribution is 6.02. The molecule has 2 aliphatic carbocycles. The van der Waals surface area contributed by atoms with Crippen LogP contribution in [0.5, 0.6) is 0 Å². The minimum atomic E-state index is 0.760. The predicted octanol–water partition coefficient (Wildman–Crippen LogP) is 8.36. The number of benzene rings is 2. The van der Waals surface area contributed by atoms with Gasteiger partial charge in [0.1, 0.15) is 5.69 Å². The second kappa shape index (κ2) is 9.03. The van der Waals surface area contributed by atoms with Gasteiger partial charge in [-0.1, -0.05) is 72.9 Å². The topological polar surface area (TPSA) is 70.2 Å². The number of nitrogens with one attached hydrogen (secondary N) is 2. The van der Waals surface area contributed by atoms with E-state index in [1.165, 1.54) is 33.0 Å². The normalized spacial score (nSPS) is 13.9. The summed E-state index contributed by atoms with van der Waals surface area (Å²) >= 11 is 0. The number of hydrogen-bond donors (Lipinski definition) is 2. The van der Waals surface area contributed by atoms with E-state index in [1.54, 1.807) is 6.20 Å². The molecule has 2 aromatic carbocycles. The summed E-state index contributed by atoms with van der Waals surface area (Å²) in [6, 6.07) is 16.7. The number of aromatic nitrogens is 5. The molecule has 2 N–H and O–H groups in total. The van der Waals surface area contributed by atoms with E-state index in [4.69, 9.17) is 0 Å². The van der Waals surface area contributed by atoms with Crippen molar-refractivity contribution in [2.45, 2.75) is 0 Å². The molecule has 4 aliphatic rings. The number of fused-ring (bicyclic) bond motifs is 1. The van der Waals surface area contributed by atoms with Crippen LogP contribution in [0.1, 0.15) is 45.0 Å². The Morgan fingerprint density at radius 3 is 1.88 bits per heavy atom. The van der Waals surface area contributed by atoms with E-state index in [2.05, 4.69) is 122 Å². The standard InChI is InChI=1S/C35H23N5/c1-3-11-26-28(37-31-13-5-9-22(7-1)34(26)31)18-16-24-15-17-25-30(39-40-33(25)21-36-24)20-19-29-27-12-4-2-8-23-10-6-14-32(38-29)35(23)27/h1-21,37-38H/b18-16+,20-19+. The molecular weight excluding hydrogens is 490 g/mol. The lowest BCUT2D eigenvalue weighted by Gasteiger charge is -1.97. The van der Waals surface area contributed by atoms with Crippen LogP contribution < -0.4 is 0 Å². The fourth-order valence-corrected chi connectivity index (χ4v) is 5.67. The maximum Gasteiger partial charge on any atom is 0.113 e. The molecule has 2 aromatic heterocycles. The Bertz CT molecular complexity index is 2110. The highest BCUT2D eigenvalue weighted by atomic mass is 15.1. The molecule has 0 atom stereocenters. The summed E-state index contributed by atoms with van der Waals surface area (Å²) in [6.07, 6.45) is 26.9. The largest absolute Gasteiger partial charge is 0.354 e. The maximum absolute atomic E-state index is 4.68. The maximum atomic E-state index is 4.68. The first-order valence-corrected chi connectivity index (χ1v) is 13.3. The number of rotatable bonds is 4. The van der Waals surface area contributed by atoms with Crippen LogP contribution >= 0.6 is 0 Å². The van der Waals surface area contributed by atoms with Crippen molar-refractivity contribution in [3.05, 3.63) is 124 Å². The summed E-state index contributed by atoms with van der Waals surface area (Å²) in [4.78, 5) is 11.8. The van der Waals surface area contributed by atoms with Crippen LogP contribution in [0.15, 0.2) is 79.0 Å². The van der Waals surface area contributed by atoms with Gasteiger partial charge in [0, 0.05) is 49.9 Å². The molecule has 5 nitrogen and oxygen atoms in total. The lowest BCUT2D eigenvalue weighted by Crippen LogP contribution is -1.78. The third-order valence-corrected chi connectivity index (χ3v) is 7.55. The Labute approximate surface area is 230 Å². The summed E-state index contributed by atoms with van der Waals surface area (Å²) < 4.78 is 0. The van der Waals surface area contributed by atoms with Crippen LogP contribution in [0.2, 0.25) is 0 Å². The van der Waals surface area contributed by atoms with Gasteiger partial charge in [-0.2, -0.15) is 0 Å². The number of aromatic amines is 2. The molecule has 40 heavy (non-hydrogen) atoms. The van der Waals surface area contributed by atoms with Gasteiger partial charge in [0.15, 0.2) is 0 Å². The molecule has 0 bridgehead atoms. The summed E-state index contributed by atoms with van der Waals surface area (Å²) in [7, 11) is 0. The van der Waals surface area contributed by atoms with E-state index < -0.39 is 0 Å². The quantitative estimate of drug-likeness (QED) is 0.249. The van der Waals surface area contributed by atoms with Crippen molar-refractivity contribution in [2.24, 2.45) is 0 Å². The molecule has 4 aromatic rings. The predicted molar refractivity (Wildman–Crippen MR) is 167 cm³/mol. The molecule has 0 amide bonds. The van der Waals surface area contributed by atoms with Crippen molar-refractivity contribution in [3.63, 3.8) is 0 Å². The van der Waals surface area contributed by atoms with Crippen molar-refractivity contribution < 1.29 is 0 Å². The van der Waals surface area contributed by atoms with Crippen molar-refractivity contribution in [1.82, 2.24) is 25.1 Å². The van der Waals surface area contributed by atoms with Crippen molar-refractivity contribution in [2.75, 3.05) is 0 Å². The van der Waals surface area contributed by atoms with Crippen molar-refractivity contribution in [1.29, 1.82) is 0 Å². The molecule has 8 rings (SSSR count). The minimum absolute atomic E-state index is 0.760. The van der Waals surface area contributed by atoms with Crippen LogP contribution in [-0.2, 0) is 0 Å².